The Morgan fingerprint density at radius 2 is 1.77 bits per heavy atom. The van der Waals surface area contributed by atoms with Gasteiger partial charge in [-0.05, 0) is 24.5 Å². The highest BCUT2D eigenvalue weighted by Crippen LogP contribution is 2.18. The zero-order valence-electron chi connectivity index (χ0n) is 9.06. The molecule has 0 spiro atoms. The van der Waals surface area contributed by atoms with E-state index in [1.165, 1.54) is 5.56 Å². The van der Waals surface area contributed by atoms with Gasteiger partial charge in [0.1, 0.15) is 5.15 Å². The van der Waals surface area contributed by atoms with Crippen LogP contribution in [0.1, 0.15) is 44.9 Å². The third kappa shape index (κ3) is 3.77. The minimum atomic E-state index is 0.528. The van der Waals surface area contributed by atoms with Gasteiger partial charge in [0.05, 0.1) is 0 Å². The van der Waals surface area contributed by atoms with E-state index in [1.54, 1.807) is 0 Å². The minimum absolute atomic E-state index is 0.528. The Bertz CT molecular complexity index is 256. The fraction of sp³-hybridized carbons (Fsp3) is 0.545. The first-order chi connectivity index (χ1) is 6.11. The van der Waals surface area contributed by atoms with Crippen LogP contribution in [0.25, 0.3) is 0 Å². The van der Waals surface area contributed by atoms with Crippen LogP contribution in [-0.4, -0.2) is 4.98 Å². The molecule has 0 aromatic carbocycles. The molecule has 0 aliphatic carbocycles. The number of aryl methyl sites for hydroxylation is 1. The van der Waals surface area contributed by atoms with Crippen LogP contribution in [0.15, 0.2) is 12.1 Å². The van der Waals surface area contributed by atoms with E-state index in [-0.39, 0.29) is 0 Å². The van der Waals surface area contributed by atoms with E-state index in [0.717, 1.165) is 5.69 Å². The Morgan fingerprint density at radius 1 is 1.23 bits per heavy atom. The highest BCUT2D eigenvalue weighted by molar-refractivity contribution is 6.29. The summed E-state index contributed by atoms with van der Waals surface area (Å²) in [6.45, 7) is 10.3. The molecule has 1 aromatic heterocycles. The standard InChI is InChI=1S/C9H12ClN.C2H6/c1-6(2)8-4-5-9(10)11-7(8)3;1-2/h4-6H,1-3H3;1-2H3. The maximum Gasteiger partial charge on any atom is 0.129 e. The van der Waals surface area contributed by atoms with Gasteiger partial charge in [-0.2, -0.15) is 0 Å². The zero-order chi connectivity index (χ0) is 10.4. The first-order valence-electron chi connectivity index (χ1n) is 4.74. The zero-order valence-corrected chi connectivity index (χ0v) is 9.81. The van der Waals surface area contributed by atoms with E-state index >= 15 is 0 Å². The molecule has 74 valence electrons. The molecule has 0 atom stereocenters. The molecule has 2 heteroatoms. The molecule has 0 aliphatic rings. The van der Waals surface area contributed by atoms with Crippen LogP contribution in [0, 0.1) is 6.92 Å². The number of halogens is 1. The van der Waals surface area contributed by atoms with Crippen molar-refractivity contribution in [1.82, 2.24) is 4.98 Å². The predicted molar refractivity (Wildman–Crippen MR) is 59.4 cm³/mol. The molecule has 13 heavy (non-hydrogen) atoms. The summed E-state index contributed by atoms with van der Waals surface area (Å²) in [5, 5.41) is 0.576. The number of hydrogen-bond donors (Lipinski definition) is 0. The Labute approximate surface area is 86.1 Å². The van der Waals surface area contributed by atoms with Gasteiger partial charge in [0.15, 0.2) is 0 Å². The van der Waals surface area contributed by atoms with Crippen molar-refractivity contribution in [1.29, 1.82) is 0 Å². The van der Waals surface area contributed by atoms with Crippen LogP contribution in [-0.2, 0) is 0 Å². The van der Waals surface area contributed by atoms with Gasteiger partial charge < -0.3 is 0 Å². The average Bonchev–Trinajstić information content (AvgIpc) is 2.07. The molecule has 1 nitrogen and oxygen atoms in total. The molecule has 0 radical (unpaired) electrons. The maximum absolute atomic E-state index is 5.71. The third-order valence-electron chi connectivity index (χ3n) is 1.71. The van der Waals surface area contributed by atoms with Crippen LogP contribution in [0.2, 0.25) is 5.15 Å². The molecule has 1 heterocycles. The van der Waals surface area contributed by atoms with Crippen molar-refractivity contribution in [3.8, 4) is 0 Å². The molecule has 0 amide bonds. The Morgan fingerprint density at radius 3 is 2.15 bits per heavy atom. The maximum atomic E-state index is 5.71. The van der Waals surface area contributed by atoms with E-state index in [1.807, 2.05) is 32.9 Å². The molecule has 0 saturated carbocycles. The minimum Gasteiger partial charge on any atom is -0.241 e. The van der Waals surface area contributed by atoms with Gasteiger partial charge in [-0.1, -0.05) is 45.4 Å². The van der Waals surface area contributed by atoms with Crippen molar-refractivity contribution >= 4 is 11.6 Å². The normalized spacial score (nSPS) is 9.46. The second kappa shape index (κ2) is 5.98. The molecule has 1 aromatic rings. The van der Waals surface area contributed by atoms with E-state index in [2.05, 4.69) is 18.8 Å². The summed E-state index contributed by atoms with van der Waals surface area (Å²) in [7, 11) is 0. The smallest absolute Gasteiger partial charge is 0.129 e. The summed E-state index contributed by atoms with van der Waals surface area (Å²) in [5.74, 6) is 0.528. The molecule has 0 N–H and O–H groups in total. The Hall–Kier alpha value is -0.560. The summed E-state index contributed by atoms with van der Waals surface area (Å²) in [4.78, 5) is 4.16. The highest BCUT2D eigenvalue weighted by atomic mass is 35.5. The number of hydrogen-bond acceptors (Lipinski definition) is 1. The lowest BCUT2D eigenvalue weighted by molar-refractivity contribution is 0.843. The molecule has 0 bridgehead atoms. The lowest BCUT2D eigenvalue weighted by Gasteiger charge is -2.07. The number of pyridine rings is 1. The molecular weight excluding hydrogens is 182 g/mol. The van der Waals surface area contributed by atoms with Crippen molar-refractivity contribution in [2.24, 2.45) is 0 Å². The van der Waals surface area contributed by atoms with Crippen molar-refractivity contribution in [3.05, 3.63) is 28.5 Å². The summed E-state index contributed by atoms with van der Waals surface area (Å²) >= 11 is 5.71. The van der Waals surface area contributed by atoms with Gasteiger partial charge in [-0.3, -0.25) is 0 Å². The largest absolute Gasteiger partial charge is 0.241 e. The summed E-state index contributed by atoms with van der Waals surface area (Å²) in [5.41, 5.74) is 2.31. The average molecular weight is 200 g/mol. The van der Waals surface area contributed by atoms with Gasteiger partial charge in [-0.25, -0.2) is 4.98 Å². The van der Waals surface area contributed by atoms with Gasteiger partial charge in [0.25, 0.3) is 0 Å². The first kappa shape index (κ1) is 12.4. The molecule has 0 unspecified atom stereocenters. The molecule has 0 saturated heterocycles. The first-order valence-corrected chi connectivity index (χ1v) is 5.12. The molecule has 0 aliphatic heterocycles. The third-order valence-corrected chi connectivity index (χ3v) is 1.93. The Kier molecular flexibility index (Phi) is 5.72. The second-order valence-corrected chi connectivity index (χ2v) is 3.35. The quantitative estimate of drug-likeness (QED) is 0.618. The summed E-state index contributed by atoms with van der Waals surface area (Å²) < 4.78 is 0. The van der Waals surface area contributed by atoms with Crippen molar-refractivity contribution in [3.63, 3.8) is 0 Å². The second-order valence-electron chi connectivity index (χ2n) is 2.96. The van der Waals surface area contributed by atoms with Gasteiger partial charge in [-0.15, -0.1) is 0 Å². The lowest BCUT2D eigenvalue weighted by atomic mass is 10.0. The fourth-order valence-corrected chi connectivity index (χ4v) is 1.34. The monoisotopic (exact) mass is 199 g/mol. The van der Waals surface area contributed by atoms with E-state index in [0.29, 0.717) is 11.1 Å². The van der Waals surface area contributed by atoms with Gasteiger partial charge in [0, 0.05) is 5.69 Å². The van der Waals surface area contributed by atoms with Crippen LogP contribution in [0.4, 0.5) is 0 Å². The summed E-state index contributed by atoms with van der Waals surface area (Å²) in [6.07, 6.45) is 0. The van der Waals surface area contributed by atoms with E-state index in [4.69, 9.17) is 11.6 Å². The highest BCUT2D eigenvalue weighted by Gasteiger charge is 2.03. The predicted octanol–water partition coefficient (Wildman–Crippen LogP) is 4.19. The van der Waals surface area contributed by atoms with E-state index in [9.17, 15) is 0 Å². The van der Waals surface area contributed by atoms with Crippen molar-refractivity contribution in [2.45, 2.75) is 40.5 Å². The van der Waals surface area contributed by atoms with Crippen LogP contribution in [0.5, 0.6) is 0 Å². The van der Waals surface area contributed by atoms with Crippen LogP contribution >= 0.6 is 11.6 Å². The van der Waals surface area contributed by atoms with Gasteiger partial charge in [0.2, 0.25) is 0 Å². The number of rotatable bonds is 1. The number of aromatic nitrogens is 1. The summed E-state index contributed by atoms with van der Waals surface area (Å²) in [6, 6.07) is 3.87. The van der Waals surface area contributed by atoms with Crippen molar-refractivity contribution in [2.75, 3.05) is 0 Å². The molecule has 0 fully saturated rings. The molecule has 1 rings (SSSR count). The Balaban J connectivity index is 0.000000671. The van der Waals surface area contributed by atoms with E-state index < -0.39 is 0 Å². The lowest BCUT2D eigenvalue weighted by Crippen LogP contribution is -1.94. The van der Waals surface area contributed by atoms with Gasteiger partial charge >= 0.3 is 0 Å². The van der Waals surface area contributed by atoms with Crippen LogP contribution in [0.3, 0.4) is 0 Å². The van der Waals surface area contributed by atoms with Crippen LogP contribution < -0.4 is 0 Å². The number of nitrogens with zero attached hydrogens (tertiary/aromatic N) is 1. The topological polar surface area (TPSA) is 12.9 Å². The molecular formula is C11H18ClN. The fourth-order valence-electron chi connectivity index (χ4n) is 1.15. The SMILES string of the molecule is CC.Cc1nc(Cl)ccc1C(C)C. The van der Waals surface area contributed by atoms with Crippen molar-refractivity contribution < 1.29 is 0 Å².